The molecule has 7 heteroatoms. The van der Waals surface area contributed by atoms with Crippen LogP contribution in [0.4, 0.5) is 0 Å². The molecule has 0 radical (unpaired) electrons. The normalized spacial score (nSPS) is 14.1. The van der Waals surface area contributed by atoms with Crippen molar-refractivity contribution in [1.29, 1.82) is 0 Å². The summed E-state index contributed by atoms with van der Waals surface area (Å²) in [6.07, 6.45) is 8.01. The van der Waals surface area contributed by atoms with E-state index in [0.717, 1.165) is 37.4 Å². The topological polar surface area (TPSA) is 67.4 Å². The number of fused-ring (bicyclic) bond motifs is 2. The highest BCUT2D eigenvalue weighted by Crippen LogP contribution is 2.25. The van der Waals surface area contributed by atoms with Crippen molar-refractivity contribution in [2.24, 2.45) is 0 Å². The van der Waals surface area contributed by atoms with Gasteiger partial charge in [0, 0.05) is 55.7 Å². The Morgan fingerprint density at radius 3 is 2.38 bits per heavy atom. The number of nitrogens with zero attached hydrogens (tertiary/aromatic N) is 3. The summed E-state index contributed by atoms with van der Waals surface area (Å²) in [7, 11) is 2.15. The van der Waals surface area contributed by atoms with Crippen LogP contribution in [-0.2, 0) is 24.1 Å². The molecule has 182 valence electrons. The van der Waals surface area contributed by atoms with Gasteiger partial charge in [0.2, 0.25) is 0 Å². The molecule has 2 aliphatic rings. The third kappa shape index (κ3) is 9.59. The fourth-order valence-electron chi connectivity index (χ4n) is 3.56. The highest BCUT2D eigenvalue weighted by atomic mass is 35.5. The lowest BCUT2D eigenvalue weighted by atomic mass is 10.0. The van der Waals surface area contributed by atoms with Crippen LogP contribution < -0.4 is 10.1 Å². The number of ether oxygens (including phenoxy) is 1. The molecule has 5 rings (SSSR count). The standard InChI is InChI=1S/C14H12ClN.C6H5NO2.C5H12N2.C2H6/c15-13-6-5-12-9-14-10(2-1-7-16-14)3-4-11(12)8-13;8-5-9-6-2-1-3-7-4-6;1-7-4-2-6-3-5-7;1-2/h1-2,5-8H,3-4,9H2;1-5H;6H,2-5H2,1H3;1-2H3. The van der Waals surface area contributed by atoms with E-state index < -0.39 is 0 Å². The first-order valence-corrected chi connectivity index (χ1v) is 12.1. The molecule has 2 aromatic heterocycles. The van der Waals surface area contributed by atoms with Gasteiger partial charge in [-0.2, -0.15) is 0 Å². The Kier molecular flexibility index (Phi) is 12.9. The number of carbonyl (C=O) groups is 1. The van der Waals surface area contributed by atoms with E-state index in [1.807, 2.05) is 32.2 Å². The van der Waals surface area contributed by atoms with Crippen molar-refractivity contribution < 1.29 is 9.53 Å². The number of hydrogen-bond donors (Lipinski definition) is 1. The van der Waals surface area contributed by atoms with E-state index in [-0.39, 0.29) is 0 Å². The van der Waals surface area contributed by atoms with E-state index in [1.54, 1.807) is 18.3 Å². The number of halogens is 1. The van der Waals surface area contributed by atoms with Gasteiger partial charge in [-0.3, -0.25) is 14.8 Å². The minimum atomic E-state index is 0.372. The summed E-state index contributed by atoms with van der Waals surface area (Å²) >= 11 is 6.03. The fraction of sp³-hybridized carbons (Fsp3) is 0.370. The van der Waals surface area contributed by atoms with E-state index in [1.165, 1.54) is 41.7 Å². The van der Waals surface area contributed by atoms with Crippen LogP contribution >= 0.6 is 11.6 Å². The van der Waals surface area contributed by atoms with Gasteiger partial charge >= 0.3 is 0 Å². The molecule has 1 aromatic carbocycles. The zero-order chi connectivity index (χ0) is 24.6. The van der Waals surface area contributed by atoms with E-state index in [4.69, 9.17) is 11.6 Å². The second-order valence-electron chi connectivity index (χ2n) is 7.66. The summed E-state index contributed by atoms with van der Waals surface area (Å²) in [4.78, 5) is 20.2. The minimum absolute atomic E-state index is 0.372. The zero-order valence-electron chi connectivity index (χ0n) is 20.3. The third-order valence-electron chi connectivity index (χ3n) is 5.33. The number of benzene rings is 1. The van der Waals surface area contributed by atoms with Crippen LogP contribution in [0, 0.1) is 0 Å². The molecule has 34 heavy (non-hydrogen) atoms. The van der Waals surface area contributed by atoms with Crippen molar-refractivity contribution in [2.75, 3.05) is 33.2 Å². The number of hydrogen-bond acceptors (Lipinski definition) is 6. The first kappa shape index (κ1) is 27.4. The first-order chi connectivity index (χ1) is 16.7. The molecule has 0 unspecified atom stereocenters. The highest BCUT2D eigenvalue weighted by molar-refractivity contribution is 6.30. The number of aromatic nitrogens is 2. The summed E-state index contributed by atoms with van der Waals surface area (Å²) in [6, 6.07) is 13.7. The Morgan fingerprint density at radius 2 is 1.74 bits per heavy atom. The summed E-state index contributed by atoms with van der Waals surface area (Å²) in [6.45, 7) is 9.12. The molecule has 1 N–H and O–H groups in total. The Bertz CT molecular complexity index is 979. The van der Waals surface area contributed by atoms with E-state index in [0.29, 0.717) is 12.2 Å². The molecule has 0 amide bonds. The molecular weight excluding hydrogens is 448 g/mol. The molecular formula is C27H35ClN4O2. The summed E-state index contributed by atoms with van der Waals surface area (Å²) in [5, 5.41) is 4.10. The molecule has 1 aliphatic heterocycles. The van der Waals surface area contributed by atoms with Gasteiger partial charge in [0.1, 0.15) is 5.75 Å². The Labute approximate surface area is 208 Å². The summed E-state index contributed by atoms with van der Waals surface area (Å²) < 4.78 is 4.46. The van der Waals surface area contributed by atoms with Gasteiger partial charge in [0.15, 0.2) is 0 Å². The molecule has 1 aliphatic carbocycles. The fourth-order valence-corrected chi connectivity index (χ4v) is 3.75. The molecule has 3 heterocycles. The van der Waals surface area contributed by atoms with Crippen LogP contribution in [-0.4, -0.2) is 54.6 Å². The maximum absolute atomic E-state index is 9.72. The second-order valence-corrected chi connectivity index (χ2v) is 8.09. The SMILES string of the molecule is CC.CN1CCNCC1.Clc1ccc2c(c1)CCc1cccnc1C2.O=COc1cccnc1. The molecule has 1 saturated heterocycles. The molecule has 3 aromatic rings. The van der Waals surface area contributed by atoms with Crippen molar-refractivity contribution in [1.82, 2.24) is 20.2 Å². The second kappa shape index (κ2) is 15.9. The highest BCUT2D eigenvalue weighted by Gasteiger charge is 2.13. The molecule has 0 saturated carbocycles. The average Bonchev–Trinajstić information content (AvgIpc) is 3.06. The number of piperazine rings is 1. The van der Waals surface area contributed by atoms with Crippen molar-refractivity contribution in [3.8, 4) is 5.75 Å². The molecule has 0 spiro atoms. The van der Waals surface area contributed by atoms with Crippen molar-refractivity contribution >= 4 is 18.1 Å². The number of rotatable bonds is 2. The third-order valence-corrected chi connectivity index (χ3v) is 5.57. The van der Waals surface area contributed by atoms with Crippen LogP contribution in [0.15, 0.2) is 61.1 Å². The molecule has 1 fully saturated rings. The van der Waals surface area contributed by atoms with Gasteiger partial charge in [0.05, 0.1) is 6.20 Å². The Morgan fingerprint density at radius 1 is 1.00 bits per heavy atom. The quantitative estimate of drug-likeness (QED) is 0.539. The van der Waals surface area contributed by atoms with Gasteiger partial charge in [-0.25, -0.2) is 0 Å². The van der Waals surface area contributed by atoms with Gasteiger partial charge in [0.25, 0.3) is 6.47 Å². The molecule has 0 atom stereocenters. The van der Waals surface area contributed by atoms with Crippen LogP contribution in [0.2, 0.25) is 5.02 Å². The number of aryl methyl sites for hydroxylation is 2. The number of carbonyl (C=O) groups excluding carboxylic acids is 1. The lowest BCUT2D eigenvalue weighted by molar-refractivity contribution is -0.120. The molecule has 6 nitrogen and oxygen atoms in total. The summed E-state index contributed by atoms with van der Waals surface area (Å²) in [5.41, 5.74) is 5.31. The Balaban J connectivity index is 0.000000193. The van der Waals surface area contributed by atoms with Crippen LogP contribution in [0.1, 0.15) is 36.2 Å². The smallest absolute Gasteiger partial charge is 0.298 e. The van der Waals surface area contributed by atoms with Crippen LogP contribution in [0.25, 0.3) is 0 Å². The van der Waals surface area contributed by atoms with Crippen molar-refractivity contribution in [3.63, 3.8) is 0 Å². The lowest BCUT2D eigenvalue weighted by Gasteiger charge is -2.21. The van der Waals surface area contributed by atoms with Gasteiger partial charge in [-0.1, -0.05) is 37.6 Å². The maximum atomic E-state index is 9.72. The van der Waals surface area contributed by atoms with Crippen molar-refractivity contribution in [2.45, 2.75) is 33.1 Å². The predicted molar refractivity (Wildman–Crippen MR) is 139 cm³/mol. The van der Waals surface area contributed by atoms with Crippen LogP contribution in [0.3, 0.4) is 0 Å². The summed E-state index contributed by atoms with van der Waals surface area (Å²) in [5.74, 6) is 0.465. The van der Waals surface area contributed by atoms with Gasteiger partial charge in [-0.15, -0.1) is 0 Å². The van der Waals surface area contributed by atoms with E-state index in [2.05, 4.69) is 50.2 Å². The maximum Gasteiger partial charge on any atom is 0.298 e. The van der Waals surface area contributed by atoms with Gasteiger partial charge < -0.3 is 15.0 Å². The number of nitrogens with one attached hydrogen (secondary N) is 1. The first-order valence-electron chi connectivity index (χ1n) is 11.8. The lowest BCUT2D eigenvalue weighted by Crippen LogP contribution is -2.40. The predicted octanol–water partition coefficient (Wildman–Crippen LogP) is 4.59. The average molecular weight is 483 g/mol. The minimum Gasteiger partial charge on any atom is -0.427 e. The van der Waals surface area contributed by atoms with Crippen LogP contribution in [0.5, 0.6) is 5.75 Å². The zero-order valence-corrected chi connectivity index (χ0v) is 21.1. The van der Waals surface area contributed by atoms with Gasteiger partial charge in [-0.05, 0) is 66.9 Å². The number of likely N-dealkylation sites (N-methyl/N-ethyl adjacent to an activating group) is 1. The molecule has 0 bridgehead atoms. The monoisotopic (exact) mass is 482 g/mol. The van der Waals surface area contributed by atoms with Crippen molar-refractivity contribution in [3.05, 3.63) is 88.5 Å². The Hall–Kier alpha value is -2.80. The van der Waals surface area contributed by atoms with E-state index >= 15 is 0 Å². The largest absolute Gasteiger partial charge is 0.427 e. The van der Waals surface area contributed by atoms with E-state index in [9.17, 15) is 4.79 Å². The number of pyridine rings is 2.